The lowest BCUT2D eigenvalue weighted by Crippen LogP contribution is -2.48. The summed E-state index contributed by atoms with van der Waals surface area (Å²) >= 11 is 0. The molecule has 2 N–H and O–H groups in total. The molecule has 3 amide bonds. The van der Waals surface area contributed by atoms with Gasteiger partial charge in [-0.05, 0) is 39.3 Å². The third-order valence-corrected chi connectivity index (χ3v) is 3.73. The third kappa shape index (κ3) is 4.27. The van der Waals surface area contributed by atoms with Gasteiger partial charge in [0.1, 0.15) is 11.6 Å². The van der Waals surface area contributed by atoms with E-state index in [4.69, 9.17) is 10.5 Å². The average molecular weight is 377 g/mol. The van der Waals surface area contributed by atoms with Crippen LogP contribution in [0.4, 0.5) is 0 Å². The average Bonchev–Trinajstić information content (AvgIpc) is 2.79. The number of fused-ring (bicyclic) bond motifs is 1. The van der Waals surface area contributed by atoms with Gasteiger partial charge < -0.3 is 15.3 Å². The molecule has 0 saturated carbocycles. The van der Waals surface area contributed by atoms with Crippen LogP contribution >= 0.6 is 0 Å². The van der Waals surface area contributed by atoms with Gasteiger partial charge in [0.25, 0.3) is 11.8 Å². The Hall–Kier alpha value is -3.30. The van der Waals surface area contributed by atoms with Crippen LogP contribution in [-0.4, -0.2) is 40.2 Å². The number of nitrogens with zero attached hydrogens (tertiary/aromatic N) is 2. The molecule has 10 heteroatoms. The van der Waals surface area contributed by atoms with Crippen molar-refractivity contribution in [1.29, 1.82) is 0 Å². The van der Waals surface area contributed by atoms with Crippen LogP contribution < -0.4 is 10.6 Å². The number of benzene rings is 1. The van der Waals surface area contributed by atoms with Crippen molar-refractivity contribution in [2.24, 2.45) is 11.1 Å². The number of nitrogens with two attached hydrogens (primary N) is 1. The van der Waals surface area contributed by atoms with E-state index in [2.05, 4.69) is 10.2 Å². The summed E-state index contributed by atoms with van der Waals surface area (Å²) in [7, 11) is 0. The normalized spacial score (nSPS) is 14.6. The maximum atomic E-state index is 12.7. The van der Waals surface area contributed by atoms with Crippen LogP contribution in [-0.2, 0) is 14.3 Å². The predicted octanol–water partition coefficient (Wildman–Crippen LogP) is 1.32. The molecule has 0 fully saturated rings. The molecule has 1 aliphatic heterocycles. The van der Waals surface area contributed by atoms with Gasteiger partial charge in [-0.15, -0.1) is 4.91 Å². The first-order chi connectivity index (χ1) is 12.6. The monoisotopic (exact) mass is 377 g/mol. The number of ether oxygens (including phenoxy) is 1. The van der Waals surface area contributed by atoms with Gasteiger partial charge in [-0.25, -0.2) is 0 Å². The van der Waals surface area contributed by atoms with E-state index in [1.54, 1.807) is 20.8 Å². The van der Waals surface area contributed by atoms with Crippen LogP contribution in [0.2, 0.25) is 0 Å². The lowest BCUT2D eigenvalue weighted by Gasteiger charge is -2.24. The van der Waals surface area contributed by atoms with E-state index in [1.807, 2.05) is 0 Å². The van der Waals surface area contributed by atoms with Crippen molar-refractivity contribution in [3.63, 3.8) is 0 Å². The minimum Gasteiger partial charge on any atom is -0.460 e. The van der Waals surface area contributed by atoms with Gasteiger partial charge >= 0.3 is 5.97 Å². The highest BCUT2D eigenvalue weighted by Gasteiger charge is 2.44. The summed E-state index contributed by atoms with van der Waals surface area (Å²) in [5, 5.41) is 2.26. The SMILES string of the molecule is CC(C)(C)OC(=O)CCC(C(N)=O)N1C(=O)c2cccc(ON=O)c2C1=O. The first-order valence-corrected chi connectivity index (χ1v) is 8.08. The molecule has 0 bridgehead atoms. The van der Waals surface area contributed by atoms with Crippen LogP contribution in [0.1, 0.15) is 54.3 Å². The lowest BCUT2D eigenvalue weighted by molar-refractivity contribution is -0.155. The molecule has 0 aliphatic carbocycles. The summed E-state index contributed by atoms with van der Waals surface area (Å²) in [6.45, 7) is 5.05. The fraction of sp³-hybridized carbons (Fsp3) is 0.412. The van der Waals surface area contributed by atoms with E-state index in [1.165, 1.54) is 18.2 Å². The summed E-state index contributed by atoms with van der Waals surface area (Å²) < 4.78 is 5.15. The van der Waals surface area contributed by atoms with Crippen molar-refractivity contribution in [3.05, 3.63) is 34.2 Å². The second-order valence-electron chi connectivity index (χ2n) is 6.87. The van der Waals surface area contributed by atoms with Crippen LogP contribution in [0.5, 0.6) is 5.75 Å². The van der Waals surface area contributed by atoms with E-state index in [0.717, 1.165) is 0 Å². The minimum atomic E-state index is -1.36. The quantitative estimate of drug-likeness (QED) is 0.326. The molecule has 1 aromatic carbocycles. The molecule has 1 unspecified atom stereocenters. The number of esters is 1. The zero-order chi connectivity index (χ0) is 20.4. The van der Waals surface area contributed by atoms with Crippen molar-refractivity contribution >= 4 is 23.7 Å². The highest BCUT2D eigenvalue weighted by molar-refractivity contribution is 6.24. The Balaban J connectivity index is 2.26. The van der Waals surface area contributed by atoms with Crippen molar-refractivity contribution in [2.75, 3.05) is 0 Å². The molecule has 2 rings (SSSR count). The molecule has 0 radical (unpaired) electrons. The van der Waals surface area contributed by atoms with Crippen molar-refractivity contribution in [2.45, 2.75) is 45.3 Å². The number of carbonyl (C=O) groups is 4. The lowest BCUT2D eigenvalue weighted by atomic mass is 10.1. The van der Waals surface area contributed by atoms with E-state index in [9.17, 15) is 24.1 Å². The molecule has 0 spiro atoms. The summed E-state index contributed by atoms with van der Waals surface area (Å²) in [5.74, 6) is -3.40. The predicted molar refractivity (Wildman–Crippen MR) is 91.4 cm³/mol. The second-order valence-corrected chi connectivity index (χ2v) is 6.87. The number of primary amides is 1. The molecule has 1 heterocycles. The Kier molecular flexibility index (Phi) is 5.58. The van der Waals surface area contributed by atoms with Crippen molar-refractivity contribution in [3.8, 4) is 5.75 Å². The largest absolute Gasteiger partial charge is 0.460 e. The van der Waals surface area contributed by atoms with E-state index in [0.29, 0.717) is 4.90 Å². The molecule has 1 atom stereocenters. The fourth-order valence-electron chi connectivity index (χ4n) is 2.72. The molecule has 0 aromatic heterocycles. The standard InChI is InChI=1S/C17H19N3O7/c1-17(2,3)26-12(21)8-7-10(14(18)22)20-15(23)9-5-4-6-11(27-19-25)13(9)16(20)24/h4-6,10H,7-8H2,1-3H3,(H2,18,22). The van der Waals surface area contributed by atoms with Gasteiger partial charge in [-0.2, -0.15) is 0 Å². The van der Waals surface area contributed by atoms with Gasteiger partial charge in [0.05, 0.1) is 11.1 Å². The summed E-state index contributed by atoms with van der Waals surface area (Å²) in [6, 6.07) is 2.67. The molecule has 1 aliphatic rings. The Labute approximate surface area is 154 Å². The molecular weight excluding hydrogens is 358 g/mol. The molecule has 0 saturated heterocycles. The van der Waals surface area contributed by atoms with Gasteiger partial charge in [-0.1, -0.05) is 6.07 Å². The zero-order valence-corrected chi connectivity index (χ0v) is 15.1. The van der Waals surface area contributed by atoms with E-state index < -0.39 is 35.3 Å². The minimum absolute atomic E-state index is 0.0512. The first kappa shape index (κ1) is 20.0. The van der Waals surface area contributed by atoms with Crippen LogP contribution in [0.3, 0.4) is 0 Å². The van der Waals surface area contributed by atoms with Crippen molar-refractivity contribution < 1.29 is 28.8 Å². The van der Waals surface area contributed by atoms with Gasteiger partial charge in [0, 0.05) is 6.42 Å². The van der Waals surface area contributed by atoms with Gasteiger partial charge in [0.2, 0.25) is 5.91 Å². The molecule has 1 aromatic rings. The number of rotatable bonds is 7. The van der Waals surface area contributed by atoms with Gasteiger partial charge in [-0.3, -0.25) is 24.1 Å². The topological polar surface area (TPSA) is 145 Å². The number of carbonyl (C=O) groups excluding carboxylic acids is 4. The highest BCUT2D eigenvalue weighted by atomic mass is 16.7. The second kappa shape index (κ2) is 7.52. The van der Waals surface area contributed by atoms with E-state index in [-0.39, 0.29) is 29.7 Å². The molecule has 27 heavy (non-hydrogen) atoms. The molecular formula is C17H19N3O7. The fourth-order valence-corrected chi connectivity index (χ4v) is 2.72. The Morgan fingerprint density at radius 2 is 1.89 bits per heavy atom. The number of hydrogen-bond acceptors (Lipinski definition) is 8. The van der Waals surface area contributed by atoms with Crippen molar-refractivity contribution in [1.82, 2.24) is 4.90 Å². The number of amides is 3. The Bertz CT molecular complexity index is 813. The van der Waals surface area contributed by atoms with Gasteiger partial charge in [0.15, 0.2) is 11.1 Å². The third-order valence-electron chi connectivity index (χ3n) is 3.73. The summed E-state index contributed by atoms with van der Waals surface area (Å²) in [5.41, 5.74) is 4.39. The zero-order valence-electron chi connectivity index (χ0n) is 15.1. The van der Waals surface area contributed by atoms with Crippen LogP contribution in [0, 0.1) is 4.91 Å². The van der Waals surface area contributed by atoms with Crippen LogP contribution in [0.15, 0.2) is 23.5 Å². The Morgan fingerprint density at radius 3 is 2.44 bits per heavy atom. The highest BCUT2D eigenvalue weighted by Crippen LogP contribution is 2.33. The Morgan fingerprint density at radius 1 is 1.22 bits per heavy atom. The van der Waals surface area contributed by atoms with Crippen LogP contribution in [0.25, 0.3) is 0 Å². The number of imide groups is 1. The maximum Gasteiger partial charge on any atom is 0.306 e. The summed E-state index contributed by atoms with van der Waals surface area (Å²) in [4.78, 5) is 64.6. The first-order valence-electron chi connectivity index (χ1n) is 8.08. The number of hydrogen-bond donors (Lipinski definition) is 1. The van der Waals surface area contributed by atoms with E-state index >= 15 is 0 Å². The molecule has 144 valence electrons. The smallest absolute Gasteiger partial charge is 0.306 e. The summed E-state index contributed by atoms with van der Waals surface area (Å²) in [6.07, 6.45) is -0.421. The maximum absolute atomic E-state index is 12.7. The molecule has 10 nitrogen and oxygen atoms in total.